The lowest BCUT2D eigenvalue weighted by Crippen LogP contribution is -2.42. The van der Waals surface area contributed by atoms with Crippen LogP contribution in [0.4, 0.5) is 10.2 Å². The lowest BCUT2D eigenvalue weighted by atomic mass is 10.1. The Labute approximate surface area is 187 Å². The van der Waals surface area contributed by atoms with Gasteiger partial charge in [-0.3, -0.25) is 19.7 Å². The molecule has 0 radical (unpaired) electrons. The van der Waals surface area contributed by atoms with Crippen molar-refractivity contribution in [2.75, 3.05) is 38.0 Å². The van der Waals surface area contributed by atoms with Crippen LogP contribution in [0.2, 0.25) is 0 Å². The summed E-state index contributed by atoms with van der Waals surface area (Å²) in [6, 6.07) is 1.21. The van der Waals surface area contributed by atoms with Gasteiger partial charge in [0.1, 0.15) is 0 Å². The zero-order valence-electron chi connectivity index (χ0n) is 16.6. The Kier molecular flexibility index (Phi) is 11.0. The Morgan fingerprint density at radius 2 is 1.97 bits per heavy atom. The summed E-state index contributed by atoms with van der Waals surface area (Å²) in [7, 11) is 0. The molecule has 0 spiro atoms. The molecule has 168 valence electrons. The van der Waals surface area contributed by atoms with Crippen molar-refractivity contribution in [1.82, 2.24) is 20.3 Å². The lowest BCUT2D eigenvalue weighted by Gasteiger charge is -2.28. The second-order valence-corrected chi connectivity index (χ2v) is 7.21. The molecule has 3 rings (SSSR count). The Balaban J connectivity index is 0.00000225. The van der Waals surface area contributed by atoms with Gasteiger partial charge in [0.15, 0.2) is 11.6 Å². The molecule has 2 aliphatic heterocycles. The number of carbonyl (C=O) groups is 2. The van der Waals surface area contributed by atoms with Crippen molar-refractivity contribution in [3.05, 3.63) is 29.7 Å². The SMILES string of the molecule is Cl.Cl.O=C(/C=C/c1cnc(NC2CCN(C(=O)CN3CCCCC3)C2)c(F)c1)NO. The van der Waals surface area contributed by atoms with Crippen molar-refractivity contribution in [3.63, 3.8) is 0 Å². The van der Waals surface area contributed by atoms with Crippen LogP contribution in [0, 0.1) is 5.82 Å². The topological polar surface area (TPSA) is 97.8 Å². The van der Waals surface area contributed by atoms with Crippen LogP contribution in [0.15, 0.2) is 18.3 Å². The van der Waals surface area contributed by atoms with E-state index in [1.54, 1.807) is 0 Å². The van der Waals surface area contributed by atoms with Gasteiger partial charge in [0, 0.05) is 31.4 Å². The molecule has 1 aromatic heterocycles. The quantitative estimate of drug-likeness (QED) is 0.339. The fourth-order valence-electron chi connectivity index (χ4n) is 3.57. The fourth-order valence-corrected chi connectivity index (χ4v) is 3.57. The number of amides is 2. The van der Waals surface area contributed by atoms with Crippen LogP contribution in [-0.4, -0.2) is 70.6 Å². The zero-order chi connectivity index (χ0) is 19.9. The number of rotatable bonds is 6. The highest BCUT2D eigenvalue weighted by Gasteiger charge is 2.28. The molecule has 1 unspecified atom stereocenters. The number of nitrogens with one attached hydrogen (secondary N) is 2. The molecule has 1 aromatic rings. The number of likely N-dealkylation sites (tertiary alicyclic amines) is 2. The zero-order valence-corrected chi connectivity index (χ0v) is 18.2. The monoisotopic (exact) mass is 463 g/mol. The van der Waals surface area contributed by atoms with Crippen molar-refractivity contribution in [2.45, 2.75) is 31.7 Å². The summed E-state index contributed by atoms with van der Waals surface area (Å²) in [5, 5.41) is 11.5. The van der Waals surface area contributed by atoms with Crippen LogP contribution in [-0.2, 0) is 9.59 Å². The third-order valence-electron chi connectivity index (χ3n) is 5.09. The van der Waals surface area contributed by atoms with E-state index in [-0.39, 0.29) is 42.6 Å². The highest BCUT2D eigenvalue weighted by atomic mass is 35.5. The number of hydrogen-bond donors (Lipinski definition) is 3. The number of hydroxylamine groups is 1. The summed E-state index contributed by atoms with van der Waals surface area (Å²) in [6.07, 6.45) is 8.14. The molecular formula is C19H28Cl2FN5O3. The minimum absolute atomic E-state index is 0. The fraction of sp³-hybridized carbons (Fsp3) is 0.526. The summed E-state index contributed by atoms with van der Waals surface area (Å²) >= 11 is 0. The first-order valence-corrected chi connectivity index (χ1v) is 9.59. The highest BCUT2D eigenvalue weighted by molar-refractivity contribution is 5.90. The molecular weight excluding hydrogens is 436 g/mol. The van der Waals surface area contributed by atoms with Crippen LogP contribution in [0.3, 0.4) is 0 Å². The maximum absolute atomic E-state index is 14.3. The van der Waals surface area contributed by atoms with Crippen molar-refractivity contribution in [1.29, 1.82) is 0 Å². The number of piperidine rings is 1. The Morgan fingerprint density at radius 1 is 1.23 bits per heavy atom. The number of nitrogens with zero attached hydrogens (tertiary/aromatic N) is 3. The summed E-state index contributed by atoms with van der Waals surface area (Å²) in [5.74, 6) is -0.992. The summed E-state index contributed by atoms with van der Waals surface area (Å²) in [6.45, 7) is 3.62. The molecule has 0 aromatic carbocycles. The van der Waals surface area contributed by atoms with Crippen LogP contribution in [0.5, 0.6) is 0 Å². The van der Waals surface area contributed by atoms with Gasteiger partial charge in [0.25, 0.3) is 5.91 Å². The van der Waals surface area contributed by atoms with E-state index in [0.29, 0.717) is 25.2 Å². The van der Waals surface area contributed by atoms with E-state index < -0.39 is 11.7 Å². The van der Waals surface area contributed by atoms with Crippen LogP contribution in [0.25, 0.3) is 6.08 Å². The van der Waals surface area contributed by atoms with Gasteiger partial charge in [-0.05, 0) is 50.1 Å². The predicted octanol–water partition coefficient (Wildman–Crippen LogP) is 2.08. The first-order chi connectivity index (χ1) is 13.5. The van der Waals surface area contributed by atoms with Crippen molar-refractivity contribution < 1.29 is 19.2 Å². The largest absolute Gasteiger partial charge is 0.363 e. The highest BCUT2D eigenvalue weighted by Crippen LogP contribution is 2.19. The number of aromatic nitrogens is 1. The summed E-state index contributed by atoms with van der Waals surface area (Å²) in [5.41, 5.74) is 1.86. The minimum Gasteiger partial charge on any atom is -0.363 e. The molecule has 2 saturated heterocycles. The molecule has 3 N–H and O–H groups in total. The van der Waals surface area contributed by atoms with Gasteiger partial charge in [-0.1, -0.05) is 6.42 Å². The maximum atomic E-state index is 14.3. The minimum atomic E-state index is -0.706. The van der Waals surface area contributed by atoms with E-state index in [0.717, 1.165) is 38.4 Å². The molecule has 11 heteroatoms. The van der Waals surface area contributed by atoms with E-state index in [2.05, 4.69) is 15.2 Å². The van der Waals surface area contributed by atoms with Gasteiger partial charge >= 0.3 is 0 Å². The molecule has 30 heavy (non-hydrogen) atoms. The van der Waals surface area contributed by atoms with Crippen LogP contribution in [0.1, 0.15) is 31.2 Å². The molecule has 2 fully saturated rings. The maximum Gasteiger partial charge on any atom is 0.267 e. The Hall–Kier alpha value is -1.94. The molecule has 0 saturated carbocycles. The van der Waals surface area contributed by atoms with Crippen molar-refractivity contribution >= 4 is 48.5 Å². The van der Waals surface area contributed by atoms with Gasteiger partial charge in [0.05, 0.1) is 6.54 Å². The average Bonchev–Trinajstić information content (AvgIpc) is 3.17. The van der Waals surface area contributed by atoms with E-state index >= 15 is 0 Å². The molecule has 8 nitrogen and oxygen atoms in total. The Bertz CT molecular complexity index is 747. The molecule has 1 atom stereocenters. The first-order valence-electron chi connectivity index (χ1n) is 9.59. The molecule has 2 aliphatic rings. The Morgan fingerprint density at radius 3 is 2.63 bits per heavy atom. The van der Waals surface area contributed by atoms with Crippen molar-refractivity contribution in [3.8, 4) is 0 Å². The van der Waals surface area contributed by atoms with E-state index in [1.165, 1.54) is 30.2 Å². The predicted molar refractivity (Wildman–Crippen MR) is 117 cm³/mol. The van der Waals surface area contributed by atoms with E-state index in [4.69, 9.17) is 5.21 Å². The standard InChI is InChI=1S/C19H26FN5O3.2ClH/c20-16-10-14(4-5-17(26)23-28)11-21-19(16)22-15-6-9-25(12-15)18(27)13-24-7-2-1-3-8-24;;/h4-5,10-11,15,28H,1-3,6-9,12-13H2,(H,21,22)(H,23,26);2*1H/b5-4+;;. The van der Waals surface area contributed by atoms with Crippen LogP contribution < -0.4 is 10.8 Å². The van der Waals surface area contributed by atoms with Gasteiger partial charge in [-0.2, -0.15) is 0 Å². The number of carbonyl (C=O) groups excluding carboxylic acids is 2. The summed E-state index contributed by atoms with van der Waals surface area (Å²) in [4.78, 5) is 31.6. The number of halogens is 3. The molecule has 3 heterocycles. The summed E-state index contributed by atoms with van der Waals surface area (Å²) < 4.78 is 14.3. The van der Waals surface area contributed by atoms with Gasteiger partial charge in [0.2, 0.25) is 5.91 Å². The smallest absolute Gasteiger partial charge is 0.267 e. The van der Waals surface area contributed by atoms with E-state index in [9.17, 15) is 14.0 Å². The number of pyridine rings is 1. The van der Waals surface area contributed by atoms with Crippen LogP contribution >= 0.6 is 24.8 Å². The van der Waals surface area contributed by atoms with E-state index in [1.807, 2.05) is 4.90 Å². The lowest BCUT2D eigenvalue weighted by molar-refractivity contribution is -0.131. The third-order valence-corrected chi connectivity index (χ3v) is 5.09. The second-order valence-electron chi connectivity index (χ2n) is 7.21. The average molecular weight is 464 g/mol. The molecule has 0 bridgehead atoms. The second kappa shape index (κ2) is 12.7. The molecule has 0 aliphatic carbocycles. The number of anilines is 1. The van der Waals surface area contributed by atoms with Gasteiger partial charge < -0.3 is 10.2 Å². The normalized spacial score (nSPS) is 19.1. The van der Waals surface area contributed by atoms with Crippen molar-refractivity contribution in [2.24, 2.45) is 0 Å². The van der Waals surface area contributed by atoms with Gasteiger partial charge in [-0.25, -0.2) is 14.9 Å². The first kappa shape index (κ1) is 26.1. The third kappa shape index (κ3) is 7.39. The molecule has 2 amide bonds. The van der Waals surface area contributed by atoms with Gasteiger partial charge in [-0.15, -0.1) is 24.8 Å². The number of hydrogen-bond acceptors (Lipinski definition) is 6.